The number of hydrogen-bond donors (Lipinski definition) is 0. The van der Waals surface area contributed by atoms with E-state index < -0.39 is 5.82 Å². The molecule has 1 aromatic carbocycles. The van der Waals surface area contributed by atoms with E-state index in [9.17, 15) is 4.39 Å². The normalized spacial score (nSPS) is 10.3. The smallest absolute Gasteiger partial charge is 0.152 e. The molecule has 2 nitrogen and oxygen atoms in total. The Balaban J connectivity index is 2.68. The molecule has 0 spiro atoms. The lowest BCUT2D eigenvalue weighted by Gasteiger charge is -2.05. The van der Waals surface area contributed by atoms with E-state index in [1.54, 1.807) is 6.07 Å². The van der Waals surface area contributed by atoms with Gasteiger partial charge in [0.25, 0.3) is 0 Å². The number of halogens is 3. The predicted octanol–water partition coefficient (Wildman–Crippen LogP) is 3.59. The SMILES string of the molecule is Fc1c(Cl)ccc(Cl)c1-c1ccncn1. The molecular formula is C10H5Cl2FN2. The molecule has 0 aliphatic heterocycles. The lowest BCUT2D eigenvalue weighted by molar-refractivity contribution is 0.631. The largest absolute Gasteiger partial charge is 0.245 e. The van der Waals surface area contributed by atoms with Gasteiger partial charge in [0, 0.05) is 6.20 Å². The lowest BCUT2D eigenvalue weighted by Crippen LogP contribution is -1.90. The molecule has 0 saturated carbocycles. The van der Waals surface area contributed by atoms with Crippen molar-refractivity contribution in [2.75, 3.05) is 0 Å². The number of aromatic nitrogens is 2. The van der Waals surface area contributed by atoms with Gasteiger partial charge >= 0.3 is 0 Å². The van der Waals surface area contributed by atoms with Crippen LogP contribution in [0.15, 0.2) is 30.7 Å². The summed E-state index contributed by atoms with van der Waals surface area (Å²) in [6, 6.07) is 4.51. The second-order valence-electron chi connectivity index (χ2n) is 2.81. The molecule has 0 atom stereocenters. The highest BCUT2D eigenvalue weighted by molar-refractivity contribution is 6.35. The molecule has 0 unspecified atom stereocenters. The predicted molar refractivity (Wildman–Crippen MR) is 57.4 cm³/mol. The third kappa shape index (κ3) is 1.94. The van der Waals surface area contributed by atoms with Gasteiger partial charge in [0.05, 0.1) is 21.3 Å². The van der Waals surface area contributed by atoms with Crippen molar-refractivity contribution in [1.82, 2.24) is 9.97 Å². The molecule has 0 bridgehead atoms. The molecule has 5 heteroatoms. The van der Waals surface area contributed by atoms with Crippen LogP contribution in [0.1, 0.15) is 0 Å². The number of benzene rings is 1. The fourth-order valence-corrected chi connectivity index (χ4v) is 1.60. The Hall–Kier alpha value is -1.19. The van der Waals surface area contributed by atoms with Gasteiger partial charge in [-0.15, -0.1) is 0 Å². The number of rotatable bonds is 1. The Morgan fingerprint density at radius 2 is 1.80 bits per heavy atom. The van der Waals surface area contributed by atoms with Crippen LogP contribution in [0.4, 0.5) is 4.39 Å². The molecule has 0 amide bonds. The minimum absolute atomic E-state index is 0.0213. The zero-order valence-electron chi connectivity index (χ0n) is 7.42. The summed E-state index contributed by atoms with van der Waals surface area (Å²) < 4.78 is 13.7. The molecule has 15 heavy (non-hydrogen) atoms. The van der Waals surface area contributed by atoms with Gasteiger partial charge in [0.2, 0.25) is 0 Å². The Kier molecular flexibility index (Phi) is 2.84. The second kappa shape index (κ2) is 4.13. The molecule has 1 aromatic heterocycles. The maximum Gasteiger partial charge on any atom is 0.152 e. The van der Waals surface area contributed by atoms with Gasteiger partial charge in [-0.3, -0.25) is 0 Å². The van der Waals surface area contributed by atoms with Crippen LogP contribution in [-0.4, -0.2) is 9.97 Å². The second-order valence-corrected chi connectivity index (χ2v) is 3.63. The van der Waals surface area contributed by atoms with Crippen molar-refractivity contribution < 1.29 is 4.39 Å². The van der Waals surface area contributed by atoms with E-state index in [2.05, 4.69) is 9.97 Å². The highest BCUT2D eigenvalue weighted by atomic mass is 35.5. The molecule has 0 aliphatic rings. The average Bonchev–Trinajstić information content (AvgIpc) is 2.26. The summed E-state index contributed by atoms with van der Waals surface area (Å²) >= 11 is 11.5. The topological polar surface area (TPSA) is 25.8 Å². The maximum absolute atomic E-state index is 13.7. The van der Waals surface area contributed by atoms with Crippen LogP contribution in [0.3, 0.4) is 0 Å². The van der Waals surface area contributed by atoms with Crippen molar-refractivity contribution in [3.63, 3.8) is 0 Å². The average molecular weight is 243 g/mol. The summed E-state index contributed by atoms with van der Waals surface area (Å²) in [4.78, 5) is 7.66. The summed E-state index contributed by atoms with van der Waals surface area (Å²) in [7, 11) is 0. The molecule has 0 saturated heterocycles. The van der Waals surface area contributed by atoms with Crippen LogP contribution in [-0.2, 0) is 0 Å². The Morgan fingerprint density at radius 3 is 2.47 bits per heavy atom. The van der Waals surface area contributed by atoms with Crippen LogP contribution in [0.5, 0.6) is 0 Å². The first-order chi connectivity index (χ1) is 7.20. The van der Waals surface area contributed by atoms with Gasteiger partial charge in [0.15, 0.2) is 5.82 Å². The molecule has 0 aliphatic carbocycles. The first kappa shape index (κ1) is 10.3. The summed E-state index contributed by atoms with van der Waals surface area (Å²) in [5.74, 6) is -0.567. The van der Waals surface area contributed by atoms with Crippen molar-refractivity contribution in [3.05, 3.63) is 46.6 Å². The summed E-state index contributed by atoms with van der Waals surface area (Å²) in [6.45, 7) is 0. The van der Waals surface area contributed by atoms with Crippen LogP contribution in [0.25, 0.3) is 11.3 Å². The van der Waals surface area contributed by atoms with Gasteiger partial charge < -0.3 is 0 Å². The summed E-state index contributed by atoms with van der Waals surface area (Å²) in [5.41, 5.74) is 0.613. The molecule has 2 aromatic rings. The lowest BCUT2D eigenvalue weighted by atomic mass is 10.1. The van der Waals surface area contributed by atoms with Crippen molar-refractivity contribution >= 4 is 23.2 Å². The van der Waals surface area contributed by atoms with Crippen LogP contribution in [0, 0.1) is 5.82 Å². The molecular weight excluding hydrogens is 238 g/mol. The van der Waals surface area contributed by atoms with Crippen molar-refractivity contribution in [3.8, 4) is 11.3 Å². The fourth-order valence-electron chi connectivity index (χ4n) is 1.20. The van der Waals surface area contributed by atoms with Gasteiger partial charge in [-0.05, 0) is 18.2 Å². The standard InChI is InChI=1S/C10H5Cl2FN2/c11-6-1-2-7(12)10(13)9(6)8-3-4-14-5-15-8/h1-5H. The van der Waals surface area contributed by atoms with Gasteiger partial charge in [-0.1, -0.05) is 23.2 Å². The van der Waals surface area contributed by atoms with Gasteiger partial charge in [-0.2, -0.15) is 0 Å². The van der Waals surface area contributed by atoms with Gasteiger partial charge in [0.1, 0.15) is 6.33 Å². The molecule has 76 valence electrons. The minimum Gasteiger partial charge on any atom is -0.245 e. The van der Waals surface area contributed by atoms with E-state index in [4.69, 9.17) is 23.2 Å². The van der Waals surface area contributed by atoms with Crippen LogP contribution in [0.2, 0.25) is 10.0 Å². The maximum atomic E-state index is 13.7. The highest BCUT2D eigenvalue weighted by Crippen LogP contribution is 2.32. The van der Waals surface area contributed by atoms with E-state index in [0.717, 1.165) is 0 Å². The number of hydrogen-bond acceptors (Lipinski definition) is 2. The van der Waals surface area contributed by atoms with E-state index in [0.29, 0.717) is 5.69 Å². The third-order valence-corrected chi connectivity index (χ3v) is 2.49. The first-order valence-electron chi connectivity index (χ1n) is 4.10. The van der Waals surface area contributed by atoms with Crippen molar-refractivity contribution in [2.45, 2.75) is 0 Å². The molecule has 0 fully saturated rings. The molecule has 2 rings (SSSR count). The minimum atomic E-state index is -0.567. The van der Waals surface area contributed by atoms with Crippen molar-refractivity contribution in [1.29, 1.82) is 0 Å². The highest BCUT2D eigenvalue weighted by Gasteiger charge is 2.13. The van der Waals surface area contributed by atoms with E-state index >= 15 is 0 Å². The Labute approximate surface area is 95.7 Å². The quantitative estimate of drug-likeness (QED) is 0.715. The Bertz CT molecular complexity index is 488. The van der Waals surface area contributed by atoms with Crippen molar-refractivity contribution in [2.24, 2.45) is 0 Å². The first-order valence-corrected chi connectivity index (χ1v) is 4.85. The third-order valence-electron chi connectivity index (χ3n) is 1.88. The summed E-state index contributed by atoms with van der Waals surface area (Å²) in [6.07, 6.45) is 2.84. The molecule has 1 heterocycles. The monoisotopic (exact) mass is 242 g/mol. The summed E-state index contributed by atoms with van der Waals surface area (Å²) in [5, 5.41) is 0.295. The van der Waals surface area contributed by atoms with E-state index in [-0.39, 0.29) is 15.6 Å². The number of nitrogens with zero attached hydrogens (tertiary/aromatic N) is 2. The van der Waals surface area contributed by atoms with Crippen LogP contribution >= 0.6 is 23.2 Å². The zero-order valence-corrected chi connectivity index (χ0v) is 8.93. The zero-order chi connectivity index (χ0) is 10.8. The van der Waals surface area contributed by atoms with Crippen LogP contribution < -0.4 is 0 Å². The van der Waals surface area contributed by atoms with E-state index in [1.165, 1.54) is 24.7 Å². The van der Waals surface area contributed by atoms with Gasteiger partial charge in [-0.25, -0.2) is 14.4 Å². The fraction of sp³-hybridized carbons (Fsp3) is 0. The van der Waals surface area contributed by atoms with E-state index in [1.807, 2.05) is 0 Å². The molecule has 0 radical (unpaired) electrons. The Morgan fingerprint density at radius 1 is 1.07 bits per heavy atom. The molecule has 0 N–H and O–H groups in total.